The molecule has 0 saturated carbocycles. The van der Waals surface area contributed by atoms with Gasteiger partial charge in [-0.1, -0.05) is 41.9 Å². The number of halogens is 5. The lowest BCUT2D eigenvalue weighted by atomic mass is 10.0. The molecule has 0 aliphatic carbocycles. The molecule has 0 aliphatic rings. The number of nitrogens with zero attached hydrogens (tertiary/aromatic N) is 3. The molecule has 0 unspecified atom stereocenters. The molecule has 1 amide bonds. The van der Waals surface area contributed by atoms with Crippen molar-refractivity contribution in [2.75, 3.05) is 34.0 Å². The first-order valence-corrected chi connectivity index (χ1v) is 17.8. The predicted molar refractivity (Wildman–Crippen MR) is 193 cm³/mol. The summed E-state index contributed by atoms with van der Waals surface area (Å²) >= 11 is 5.82. The molecule has 1 heterocycles. The summed E-state index contributed by atoms with van der Waals surface area (Å²) in [6, 6.07) is 13.6. The second-order valence-electron chi connectivity index (χ2n) is 11.7. The van der Waals surface area contributed by atoms with Crippen molar-refractivity contribution in [1.29, 1.82) is 0 Å². The molecular formula is C35H35ClF4N4O11S. The number of alkyl halides is 3. The summed E-state index contributed by atoms with van der Waals surface area (Å²) in [7, 11) is -0.926. The number of hydrogen-bond acceptors (Lipinski definition) is 11. The summed E-state index contributed by atoms with van der Waals surface area (Å²) in [5, 5.41) is 9.46. The number of ether oxygens (including phenoxy) is 3. The summed E-state index contributed by atoms with van der Waals surface area (Å²) in [5.41, 5.74) is -5.55. The van der Waals surface area contributed by atoms with Gasteiger partial charge in [0.2, 0.25) is 0 Å². The highest BCUT2D eigenvalue weighted by molar-refractivity contribution is 7.87. The van der Waals surface area contributed by atoms with Gasteiger partial charge in [-0.25, -0.2) is 23.3 Å². The van der Waals surface area contributed by atoms with Crippen LogP contribution in [0.25, 0.3) is 5.69 Å². The van der Waals surface area contributed by atoms with E-state index in [1.54, 1.807) is 35.1 Å². The largest absolute Gasteiger partial charge is 0.507 e. The number of carbonyl (C=O) groups excluding carboxylic acids is 3. The first kappa shape index (κ1) is 44.8. The van der Waals surface area contributed by atoms with E-state index in [4.69, 9.17) is 25.8 Å². The maximum absolute atomic E-state index is 14.5. The van der Waals surface area contributed by atoms with E-state index in [0.717, 1.165) is 11.4 Å². The van der Waals surface area contributed by atoms with Crippen LogP contribution >= 0.6 is 11.6 Å². The number of aromatic nitrogens is 2. The zero-order valence-corrected chi connectivity index (χ0v) is 31.8. The molecule has 56 heavy (non-hydrogen) atoms. The zero-order valence-electron chi connectivity index (χ0n) is 30.2. The predicted octanol–water partition coefficient (Wildman–Crippen LogP) is 3.85. The number of rotatable bonds is 13. The van der Waals surface area contributed by atoms with Crippen LogP contribution in [0.1, 0.15) is 45.8 Å². The van der Waals surface area contributed by atoms with Crippen LogP contribution in [-0.4, -0.2) is 84.6 Å². The number of benzene rings is 3. The molecule has 21 heteroatoms. The Morgan fingerprint density at radius 1 is 0.982 bits per heavy atom. The summed E-state index contributed by atoms with van der Waals surface area (Å²) < 4.78 is 95.5. The number of hydrogen-bond donors (Lipinski definition) is 2. The van der Waals surface area contributed by atoms with Crippen LogP contribution in [0.3, 0.4) is 0 Å². The van der Waals surface area contributed by atoms with Crippen LogP contribution in [0.2, 0.25) is 5.02 Å². The summed E-state index contributed by atoms with van der Waals surface area (Å²) in [5.74, 6) is -3.42. The molecule has 0 bridgehead atoms. The highest BCUT2D eigenvalue weighted by Gasteiger charge is 2.35. The molecule has 2 N–H and O–H groups in total. The van der Waals surface area contributed by atoms with Crippen LogP contribution < -0.4 is 20.7 Å². The standard InChI is InChI=1S/C18H18O6.C17H17ClF4N4O5S/c1-22-9-10-23-17(20)12-24-14-7-8-15(16(19)11-14)18(21)13-5-3-2-4-6-13;1-8(2)25(4)32(30,31)23-15(28)9-5-12(11(19)6-10(9)18)26-14(27)7-13(17(20,21)22)24(3)16(26)29/h2-8,11,19H,9-10,12H2,1H3;5-8H,1-4H3,(H,23,28). The molecule has 0 fully saturated rings. The maximum atomic E-state index is 14.5. The normalized spacial score (nSPS) is 11.5. The van der Waals surface area contributed by atoms with E-state index in [1.165, 1.54) is 46.2 Å². The minimum absolute atomic E-state index is 0.0619. The SMILES string of the molecule is CC(C)N(C)S(=O)(=O)NC(=O)c1cc(-n2c(=O)cc(C(F)(F)F)n(C)c2=O)c(F)cc1Cl.COCCOC(=O)COc1ccc(C(=O)c2ccccc2)c(O)c1. The third kappa shape index (κ3) is 11.2. The van der Waals surface area contributed by atoms with Crippen molar-refractivity contribution in [1.82, 2.24) is 18.2 Å². The topological polar surface area (TPSA) is 193 Å². The molecular weight excluding hydrogens is 796 g/mol. The first-order valence-electron chi connectivity index (χ1n) is 16.0. The number of ketones is 1. The van der Waals surface area contributed by atoms with Crippen LogP contribution in [0.4, 0.5) is 17.6 Å². The summed E-state index contributed by atoms with van der Waals surface area (Å²) in [6.07, 6.45) is -5.04. The van der Waals surface area contributed by atoms with Gasteiger partial charge in [-0.2, -0.15) is 25.9 Å². The van der Waals surface area contributed by atoms with E-state index in [1.807, 2.05) is 0 Å². The van der Waals surface area contributed by atoms with Crippen LogP contribution in [0.5, 0.6) is 11.5 Å². The highest BCUT2D eigenvalue weighted by atomic mass is 35.5. The number of aromatic hydroxyl groups is 1. The quantitative estimate of drug-likeness (QED) is 0.0861. The average molecular weight is 831 g/mol. The fourth-order valence-corrected chi connectivity index (χ4v) is 5.76. The zero-order chi connectivity index (χ0) is 42.1. The van der Waals surface area contributed by atoms with Crippen LogP contribution in [0.15, 0.2) is 76.3 Å². The number of nitrogens with one attached hydrogen (secondary N) is 1. The van der Waals surface area contributed by atoms with Crippen molar-refractivity contribution in [3.05, 3.63) is 121 Å². The molecule has 4 rings (SSSR count). The van der Waals surface area contributed by atoms with E-state index >= 15 is 0 Å². The van der Waals surface area contributed by atoms with Crippen molar-refractivity contribution in [2.45, 2.75) is 26.1 Å². The molecule has 4 aromatic rings. The summed E-state index contributed by atoms with van der Waals surface area (Å²) in [6.45, 7) is 3.21. The molecule has 3 aromatic carbocycles. The van der Waals surface area contributed by atoms with Gasteiger partial charge in [-0.15, -0.1) is 0 Å². The Bertz CT molecular complexity index is 2320. The van der Waals surface area contributed by atoms with E-state index in [0.29, 0.717) is 24.3 Å². The van der Waals surface area contributed by atoms with Gasteiger partial charge >= 0.3 is 28.0 Å². The van der Waals surface area contributed by atoms with Crippen molar-refractivity contribution >= 4 is 39.5 Å². The number of phenolic OH excluding ortho intramolecular Hbond substituents is 1. The second kappa shape index (κ2) is 18.8. The Morgan fingerprint density at radius 3 is 2.20 bits per heavy atom. The third-order valence-corrected chi connectivity index (χ3v) is 9.55. The van der Waals surface area contributed by atoms with E-state index in [2.05, 4.69) is 0 Å². The lowest BCUT2D eigenvalue weighted by Gasteiger charge is -2.21. The highest BCUT2D eigenvalue weighted by Crippen LogP contribution is 2.28. The van der Waals surface area contributed by atoms with E-state index in [9.17, 15) is 55.1 Å². The lowest BCUT2D eigenvalue weighted by Crippen LogP contribution is -2.44. The summed E-state index contributed by atoms with van der Waals surface area (Å²) in [4.78, 5) is 60.8. The van der Waals surface area contributed by atoms with Crippen molar-refractivity contribution < 1.29 is 59.7 Å². The molecule has 0 saturated heterocycles. The van der Waals surface area contributed by atoms with Gasteiger partial charge in [0.25, 0.3) is 11.5 Å². The van der Waals surface area contributed by atoms with Crippen LogP contribution in [-0.2, 0) is 37.7 Å². The van der Waals surface area contributed by atoms with Crippen molar-refractivity contribution in [2.24, 2.45) is 7.05 Å². The minimum Gasteiger partial charge on any atom is -0.507 e. The molecule has 15 nitrogen and oxygen atoms in total. The smallest absolute Gasteiger partial charge is 0.431 e. The Hall–Kier alpha value is -5.57. The Morgan fingerprint density at radius 2 is 1.62 bits per heavy atom. The average Bonchev–Trinajstić information content (AvgIpc) is 3.12. The number of esters is 1. The first-order chi connectivity index (χ1) is 26.1. The minimum atomic E-state index is -5.04. The lowest BCUT2D eigenvalue weighted by molar-refractivity contribution is -0.147. The number of carbonyl (C=O) groups is 3. The van der Waals surface area contributed by atoms with Gasteiger partial charge in [-0.05, 0) is 38.1 Å². The van der Waals surface area contributed by atoms with Gasteiger partial charge in [0.15, 0.2) is 12.4 Å². The van der Waals surface area contributed by atoms with Gasteiger partial charge < -0.3 is 19.3 Å². The molecule has 1 aromatic heterocycles. The second-order valence-corrected chi connectivity index (χ2v) is 13.9. The molecule has 0 aliphatic heterocycles. The van der Waals surface area contributed by atoms with Crippen molar-refractivity contribution in [3.8, 4) is 17.2 Å². The fraction of sp³-hybridized carbons (Fsp3) is 0.286. The van der Waals surface area contributed by atoms with E-state index < -0.39 is 73.3 Å². The maximum Gasteiger partial charge on any atom is 0.431 e. The Balaban J connectivity index is 0.000000313. The number of phenols is 1. The number of methoxy groups -OCH3 is 1. The molecule has 0 spiro atoms. The molecule has 302 valence electrons. The molecule has 0 atom stereocenters. The Kier molecular flexibility index (Phi) is 15.1. The molecule has 0 radical (unpaired) electrons. The number of amides is 1. The fourth-order valence-electron chi connectivity index (χ4n) is 4.49. The monoisotopic (exact) mass is 830 g/mol. The van der Waals surface area contributed by atoms with E-state index in [-0.39, 0.29) is 51.3 Å². The van der Waals surface area contributed by atoms with Crippen LogP contribution in [0, 0.1) is 5.82 Å². The van der Waals surface area contributed by atoms with Gasteiger partial charge in [-0.3, -0.25) is 19.0 Å². The van der Waals surface area contributed by atoms with Gasteiger partial charge in [0.1, 0.15) is 29.6 Å². The van der Waals surface area contributed by atoms with Gasteiger partial charge in [0.05, 0.1) is 28.4 Å². The Labute approximate surface area is 321 Å². The third-order valence-electron chi connectivity index (χ3n) is 7.62. The van der Waals surface area contributed by atoms with Gasteiger partial charge in [0, 0.05) is 44.9 Å². The van der Waals surface area contributed by atoms with Crippen molar-refractivity contribution in [3.63, 3.8) is 0 Å².